The third-order valence-corrected chi connectivity index (χ3v) is 6.13. The fourth-order valence-electron chi connectivity index (χ4n) is 4.49. The summed E-state index contributed by atoms with van der Waals surface area (Å²) in [6.07, 6.45) is 3.01. The lowest BCUT2D eigenvalue weighted by Crippen LogP contribution is -2.05. The van der Waals surface area contributed by atoms with Gasteiger partial charge in [0.2, 0.25) is 0 Å². The molecule has 3 heteroatoms. The Morgan fingerprint density at radius 3 is 2.10 bits per heavy atom. The third kappa shape index (κ3) is 3.88. The zero-order valence-electron chi connectivity index (χ0n) is 19.4. The second-order valence-corrected chi connectivity index (χ2v) is 8.32. The van der Waals surface area contributed by atoms with Gasteiger partial charge in [-0.2, -0.15) is 0 Å². The van der Waals surface area contributed by atoms with Crippen molar-refractivity contribution >= 4 is 11.9 Å². The van der Waals surface area contributed by atoms with E-state index in [1.54, 1.807) is 0 Å². The highest BCUT2D eigenvalue weighted by atomic mass is 15.0. The Hall–Kier alpha value is -3.33. The molecule has 0 unspecified atom stereocenters. The largest absolute Gasteiger partial charge is 0.319 e. The SMILES string of the molecule is CCc1cccc(C)c1-n1c(C)cc(C=Nc2ccc(-n3c(C)ccc3C)cc2)c1C. The van der Waals surface area contributed by atoms with Crippen LogP contribution >= 0.6 is 0 Å². The average Bonchev–Trinajstić information content (AvgIpc) is 3.24. The molecule has 0 radical (unpaired) electrons. The predicted octanol–water partition coefficient (Wildman–Crippen LogP) is 7.12. The van der Waals surface area contributed by atoms with E-state index in [0.29, 0.717) is 0 Å². The van der Waals surface area contributed by atoms with E-state index in [-0.39, 0.29) is 0 Å². The summed E-state index contributed by atoms with van der Waals surface area (Å²) in [5, 5.41) is 0. The Labute approximate surface area is 185 Å². The summed E-state index contributed by atoms with van der Waals surface area (Å²) in [6.45, 7) is 13.0. The molecular formula is C28H31N3. The Balaban J connectivity index is 1.65. The number of hydrogen-bond donors (Lipinski definition) is 0. The zero-order chi connectivity index (χ0) is 22.1. The fourth-order valence-corrected chi connectivity index (χ4v) is 4.49. The molecule has 0 bridgehead atoms. The molecule has 2 aromatic carbocycles. The first kappa shape index (κ1) is 20.9. The van der Waals surface area contributed by atoms with Gasteiger partial charge in [-0.15, -0.1) is 0 Å². The van der Waals surface area contributed by atoms with Crippen LogP contribution in [0.5, 0.6) is 0 Å². The van der Waals surface area contributed by atoms with E-state index < -0.39 is 0 Å². The van der Waals surface area contributed by atoms with Crippen LogP contribution in [0.15, 0.2) is 65.7 Å². The van der Waals surface area contributed by atoms with E-state index in [9.17, 15) is 0 Å². The fraction of sp³-hybridized carbons (Fsp3) is 0.250. The molecule has 0 saturated heterocycles. The van der Waals surface area contributed by atoms with Crippen LogP contribution in [0.25, 0.3) is 11.4 Å². The first-order valence-electron chi connectivity index (χ1n) is 11.0. The van der Waals surface area contributed by atoms with Crippen molar-refractivity contribution in [2.45, 2.75) is 48.0 Å². The minimum Gasteiger partial charge on any atom is -0.319 e. The molecule has 158 valence electrons. The van der Waals surface area contributed by atoms with Crippen LogP contribution < -0.4 is 0 Å². The maximum Gasteiger partial charge on any atom is 0.0631 e. The van der Waals surface area contributed by atoms with Crippen molar-refractivity contribution in [3.8, 4) is 11.4 Å². The van der Waals surface area contributed by atoms with Crippen molar-refractivity contribution < 1.29 is 0 Å². The number of hydrogen-bond acceptors (Lipinski definition) is 1. The minimum atomic E-state index is 0.959. The quantitative estimate of drug-likeness (QED) is 0.313. The number of benzene rings is 2. The number of rotatable bonds is 5. The van der Waals surface area contributed by atoms with Crippen LogP contribution in [0.4, 0.5) is 5.69 Å². The first-order chi connectivity index (χ1) is 14.9. The van der Waals surface area contributed by atoms with E-state index >= 15 is 0 Å². The summed E-state index contributed by atoms with van der Waals surface area (Å²) in [4.78, 5) is 4.77. The minimum absolute atomic E-state index is 0.959. The number of aliphatic imine (C=N–C) groups is 1. The normalized spacial score (nSPS) is 11.5. The molecule has 3 nitrogen and oxygen atoms in total. The van der Waals surface area contributed by atoms with E-state index in [1.165, 1.54) is 45.3 Å². The van der Waals surface area contributed by atoms with Crippen LogP contribution in [-0.4, -0.2) is 15.3 Å². The van der Waals surface area contributed by atoms with Crippen molar-refractivity contribution in [3.63, 3.8) is 0 Å². The molecular weight excluding hydrogens is 378 g/mol. The first-order valence-corrected chi connectivity index (χ1v) is 11.0. The molecule has 0 aliphatic heterocycles. The Morgan fingerprint density at radius 1 is 0.774 bits per heavy atom. The lowest BCUT2D eigenvalue weighted by atomic mass is 10.1. The Bertz CT molecular complexity index is 1230. The van der Waals surface area contributed by atoms with Gasteiger partial charge < -0.3 is 9.13 Å². The van der Waals surface area contributed by atoms with E-state index in [0.717, 1.165) is 17.7 Å². The number of aryl methyl sites for hydroxylation is 5. The molecule has 0 aliphatic carbocycles. The zero-order valence-corrected chi connectivity index (χ0v) is 19.4. The smallest absolute Gasteiger partial charge is 0.0631 e. The van der Waals surface area contributed by atoms with Crippen LogP contribution in [0.1, 0.15) is 46.4 Å². The lowest BCUT2D eigenvalue weighted by molar-refractivity contribution is 0.926. The van der Waals surface area contributed by atoms with Crippen LogP contribution in [0.2, 0.25) is 0 Å². The van der Waals surface area contributed by atoms with Gasteiger partial charge in [-0.05, 0) is 94.6 Å². The van der Waals surface area contributed by atoms with Crippen molar-refractivity contribution in [1.82, 2.24) is 9.13 Å². The molecule has 2 heterocycles. The molecule has 4 aromatic rings. The van der Waals surface area contributed by atoms with Gasteiger partial charge in [0.25, 0.3) is 0 Å². The second-order valence-electron chi connectivity index (χ2n) is 8.32. The summed E-state index contributed by atoms with van der Waals surface area (Å²) in [5.74, 6) is 0. The van der Waals surface area contributed by atoms with Crippen molar-refractivity contribution in [2.75, 3.05) is 0 Å². The van der Waals surface area contributed by atoms with E-state index in [1.807, 2.05) is 6.21 Å². The molecule has 0 atom stereocenters. The highest BCUT2D eigenvalue weighted by Crippen LogP contribution is 2.27. The summed E-state index contributed by atoms with van der Waals surface area (Å²) < 4.78 is 4.63. The van der Waals surface area contributed by atoms with Gasteiger partial charge in [-0.1, -0.05) is 25.1 Å². The highest BCUT2D eigenvalue weighted by molar-refractivity contribution is 5.84. The summed E-state index contributed by atoms with van der Waals surface area (Å²) in [7, 11) is 0. The molecule has 0 N–H and O–H groups in total. The van der Waals surface area contributed by atoms with Gasteiger partial charge in [0.1, 0.15) is 0 Å². The average molecular weight is 410 g/mol. The van der Waals surface area contributed by atoms with Gasteiger partial charge in [-0.25, -0.2) is 0 Å². The Morgan fingerprint density at radius 2 is 1.45 bits per heavy atom. The molecule has 0 spiro atoms. The van der Waals surface area contributed by atoms with Crippen molar-refractivity contribution in [1.29, 1.82) is 0 Å². The van der Waals surface area contributed by atoms with Crippen LogP contribution in [0.3, 0.4) is 0 Å². The standard InChI is InChI=1S/C28H31N3/c1-7-24-10-8-9-19(2)28(24)31-22(5)17-25(23(31)6)18-29-26-13-15-27(16-14-26)30-20(3)11-12-21(30)4/h8-18H,7H2,1-6H3. The second kappa shape index (κ2) is 8.43. The maximum atomic E-state index is 4.77. The van der Waals surface area contributed by atoms with Crippen LogP contribution in [0, 0.1) is 34.6 Å². The maximum absolute atomic E-state index is 4.77. The summed E-state index contributed by atoms with van der Waals surface area (Å²) in [5.41, 5.74) is 12.2. The van der Waals surface area contributed by atoms with Crippen molar-refractivity contribution in [3.05, 3.63) is 100 Å². The molecule has 0 amide bonds. The monoisotopic (exact) mass is 409 g/mol. The van der Waals surface area contributed by atoms with Crippen LogP contribution in [-0.2, 0) is 6.42 Å². The van der Waals surface area contributed by atoms with Gasteiger partial charge in [0.05, 0.1) is 11.4 Å². The molecule has 2 aromatic heterocycles. The Kier molecular flexibility index (Phi) is 5.69. The topological polar surface area (TPSA) is 22.2 Å². The van der Waals surface area contributed by atoms with Crippen molar-refractivity contribution in [2.24, 2.45) is 4.99 Å². The molecule has 4 rings (SSSR count). The summed E-state index contributed by atoms with van der Waals surface area (Å²) >= 11 is 0. The van der Waals surface area contributed by atoms with Gasteiger partial charge in [-0.3, -0.25) is 4.99 Å². The number of aromatic nitrogens is 2. The third-order valence-electron chi connectivity index (χ3n) is 6.13. The number of para-hydroxylation sites is 1. The predicted molar refractivity (Wildman–Crippen MR) is 132 cm³/mol. The molecule has 0 saturated carbocycles. The lowest BCUT2D eigenvalue weighted by Gasteiger charge is -2.17. The van der Waals surface area contributed by atoms with E-state index in [4.69, 9.17) is 4.99 Å². The van der Waals surface area contributed by atoms with Gasteiger partial charge >= 0.3 is 0 Å². The number of nitrogens with zero attached hydrogens (tertiary/aromatic N) is 3. The van der Waals surface area contributed by atoms with Gasteiger partial charge in [0.15, 0.2) is 0 Å². The summed E-state index contributed by atoms with van der Waals surface area (Å²) in [6, 6.07) is 21.5. The van der Waals surface area contributed by atoms with E-state index in [2.05, 4.69) is 111 Å². The molecule has 31 heavy (non-hydrogen) atoms. The molecule has 0 fully saturated rings. The highest BCUT2D eigenvalue weighted by Gasteiger charge is 2.14. The van der Waals surface area contributed by atoms with Gasteiger partial charge in [0, 0.05) is 40.2 Å². The molecule has 0 aliphatic rings.